The Labute approximate surface area is 147 Å². The Hall–Kier alpha value is -1.92. The van der Waals surface area contributed by atoms with E-state index in [1.807, 2.05) is 12.1 Å². The van der Waals surface area contributed by atoms with E-state index < -0.39 is 18.4 Å². The lowest BCUT2D eigenvalue weighted by atomic mass is 9.86. The maximum Gasteiger partial charge on any atom is 0.244 e. The van der Waals surface area contributed by atoms with Crippen LogP contribution in [-0.2, 0) is 9.59 Å². The first kappa shape index (κ1) is 16.5. The summed E-state index contributed by atoms with van der Waals surface area (Å²) in [6.07, 6.45) is 2.74. The van der Waals surface area contributed by atoms with Crippen LogP contribution in [0.2, 0.25) is 0 Å². The Bertz CT molecular complexity index is 686. The molecule has 0 spiro atoms. The van der Waals surface area contributed by atoms with Gasteiger partial charge in [-0.3, -0.25) is 9.59 Å². The van der Waals surface area contributed by atoms with Crippen molar-refractivity contribution in [3.05, 3.63) is 35.4 Å². The largest absolute Gasteiger partial charge is 0.384 e. The van der Waals surface area contributed by atoms with Crippen molar-refractivity contribution in [3.63, 3.8) is 0 Å². The van der Waals surface area contributed by atoms with E-state index in [1.165, 1.54) is 11.3 Å². The van der Waals surface area contributed by atoms with E-state index in [9.17, 15) is 19.8 Å². The highest BCUT2D eigenvalue weighted by molar-refractivity contribution is 5.88. The van der Waals surface area contributed by atoms with Gasteiger partial charge in [0, 0.05) is 12.5 Å². The fraction of sp³-hybridized carbons (Fsp3) is 0.579. The predicted molar refractivity (Wildman–Crippen MR) is 90.2 cm³/mol. The average molecular weight is 344 g/mol. The SMILES string of the molecule is O=C(C1CCCCC1)N1CC(=O)N2C(C1)c1ccccc1C(O)C2O. The van der Waals surface area contributed by atoms with Gasteiger partial charge in [-0.1, -0.05) is 43.5 Å². The minimum atomic E-state index is -1.26. The van der Waals surface area contributed by atoms with Gasteiger partial charge in [-0.15, -0.1) is 0 Å². The van der Waals surface area contributed by atoms with Crippen LogP contribution in [-0.4, -0.2) is 51.1 Å². The average Bonchev–Trinajstić information content (AvgIpc) is 2.65. The van der Waals surface area contributed by atoms with E-state index in [-0.39, 0.29) is 24.3 Å². The molecule has 1 aromatic carbocycles. The molecule has 1 aliphatic carbocycles. The van der Waals surface area contributed by atoms with Crippen LogP contribution in [0.25, 0.3) is 0 Å². The number of rotatable bonds is 1. The first-order chi connectivity index (χ1) is 12.1. The summed E-state index contributed by atoms with van der Waals surface area (Å²) in [5, 5.41) is 20.8. The fourth-order valence-electron chi connectivity index (χ4n) is 4.53. The molecular weight excluding hydrogens is 320 g/mol. The van der Waals surface area contributed by atoms with Gasteiger partial charge in [0.25, 0.3) is 0 Å². The van der Waals surface area contributed by atoms with Crippen LogP contribution in [0.3, 0.4) is 0 Å². The Morgan fingerprint density at radius 2 is 1.72 bits per heavy atom. The van der Waals surface area contributed by atoms with Crippen LogP contribution in [0.4, 0.5) is 0 Å². The van der Waals surface area contributed by atoms with Gasteiger partial charge in [-0.25, -0.2) is 0 Å². The number of aliphatic hydroxyl groups is 2. The molecule has 25 heavy (non-hydrogen) atoms. The Morgan fingerprint density at radius 3 is 2.44 bits per heavy atom. The Morgan fingerprint density at radius 1 is 1.04 bits per heavy atom. The lowest BCUT2D eigenvalue weighted by molar-refractivity contribution is -0.175. The molecule has 2 heterocycles. The zero-order chi connectivity index (χ0) is 17.6. The second-order valence-electron chi connectivity index (χ2n) is 7.36. The molecule has 6 heteroatoms. The highest BCUT2D eigenvalue weighted by atomic mass is 16.3. The molecule has 1 saturated heterocycles. The minimum absolute atomic E-state index is 0.0161. The summed E-state index contributed by atoms with van der Waals surface area (Å²) >= 11 is 0. The number of hydrogen-bond donors (Lipinski definition) is 2. The van der Waals surface area contributed by atoms with Crippen LogP contribution < -0.4 is 0 Å². The van der Waals surface area contributed by atoms with Crippen LogP contribution in [0.15, 0.2) is 24.3 Å². The van der Waals surface area contributed by atoms with Gasteiger partial charge in [0.15, 0.2) is 6.23 Å². The third-order valence-corrected chi connectivity index (χ3v) is 5.85. The van der Waals surface area contributed by atoms with Gasteiger partial charge in [0.05, 0.1) is 12.6 Å². The van der Waals surface area contributed by atoms with Gasteiger partial charge in [-0.2, -0.15) is 0 Å². The van der Waals surface area contributed by atoms with Gasteiger partial charge < -0.3 is 20.0 Å². The van der Waals surface area contributed by atoms with Crippen molar-refractivity contribution < 1.29 is 19.8 Å². The van der Waals surface area contributed by atoms with E-state index in [4.69, 9.17) is 0 Å². The van der Waals surface area contributed by atoms with E-state index in [0.29, 0.717) is 12.1 Å². The molecule has 0 aromatic heterocycles. The lowest BCUT2D eigenvalue weighted by Crippen LogP contribution is -2.60. The highest BCUT2D eigenvalue weighted by Gasteiger charge is 2.46. The predicted octanol–water partition coefficient (Wildman–Crippen LogP) is 1.34. The topological polar surface area (TPSA) is 81.1 Å². The first-order valence-electron chi connectivity index (χ1n) is 9.13. The molecule has 134 valence electrons. The van der Waals surface area contributed by atoms with Gasteiger partial charge in [-0.05, 0) is 24.0 Å². The second-order valence-corrected chi connectivity index (χ2v) is 7.36. The first-order valence-corrected chi connectivity index (χ1v) is 9.13. The molecule has 3 unspecified atom stereocenters. The summed E-state index contributed by atoms with van der Waals surface area (Å²) < 4.78 is 0. The Kier molecular flexibility index (Phi) is 4.25. The van der Waals surface area contributed by atoms with Gasteiger partial charge in [0.1, 0.15) is 6.10 Å². The Balaban J connectivity index is 1.63. The summed E-state index contributed by atoms with van der Waals surface area (Å²) in [4.78, 5) is 28.5. The lowest BCUT2D eigenvalue weighted by Gasteiger charge is -2.48. The summed E-state index contributed by atoms with van der Waals surface area (Å²) in [6, 6.07) is 6.90. The number of hydrogen-bond acceptors (Lipinski definition) is 4. The third kappa shape index (κ3) is 2.73. The molecule has 1 aromatic rings. The molecule has 4 rings (SSSR count). The maximum absolute atomic E-state index is 12.9. The quantitative estimate of drug-likeness (QED) is 0.806. The molecule has 0 bridgehead atoms. The number of fused-ring (bicyclic) bond motifs is 3. The molecule has 6 nitrogen and oxygen atoms in total. The third-order valence-electron chi connectivity index (χ3n) is 5.85. The number of piperazine rings is 1. The van der Waals surface area contributed by atoms with Crippen LogP contribution >= 0.6 is 0 Å². The number of benzene rings is 1. The van der Waals surface area contributed by atoms with Crippen molar-refractivity contribution in [2.45, 2.75) is 50.5 Å². The van der Waals surface area contributed by atoms with E-state index in [2.05, 4.69) is 0 Å². The van der Waals surface area contributed by atoms with Crippen molar-refractivity contribution >= 4 is 11.8 Å². The normalized spacial score (nSPS) is 30.0. The fourth-order valence-corrected chi connectivity index (χ4v) is 4.53. The second kappa shape index (κ2) is 6.42. The van der Waals surface area contributed by atoms with E-state index >= 15 is 0 Å². The zero-order valence-electron chi connectivity index (χ0n) is 14.2. The van der Waals surface area contributed by atoms with Crippen molar-refractivity contribution in [2.75, 3.05) is 13.1 Å². The van der Waals surface area contributed by atoms with E-state index in [0.717, 1.165) is 31.2 Å². The molecule has 2 N–H and O–H groups in total. The smallest absolute Gasteiger partial charge is 0.244 e. The van der Waals surface area contributed by atoms with Gasteiger partial charge >= 0.3 is 0 Å². The number of carbonyl (C=O) groups excluding carboxylic acids is 2. The summed E-state index contributed by atoms with van der Waals surface area (Å²) in [6.45, 7) is 0.361. The minimum Gasteiger partial charge on any atom is -0.384 e. The maximum atomic E-state index is 12.9. The van der Waals surface area contributed by atoms with Crippen LogP contribution in [0.1, 0.15) is 55.4 Å². The van der Waals surface area contributed by atoms with E-state index in [1.54, 1.807) is 17.0 Å². The van der Waals surface area contributed by atoms with Gasteiger partial charge in [0.2, 0.25) is 11.8 Å². The summed E-state index contributed by atoms with van der Waals surface area (Å²) in [7, 11) is 0. The number of nitrogens with zero attached hydrogens (tertiary/aromatic N) is 2. The number of amides is 2. The summed E-state index contributed by atoms with van der Waals surface area (Å²) in [5.74, 6) is -0.227. The van der Waals surface area contributed by atoms with Crippen molar-refractivity contribution in [1.29, 1.82) is 0 Å². The molecule has 3 atom stereocenters. The molecule has 1 saturated carbocycles. The van der Waals surface area contributed by atoms with Crippen LogP contribution in [0.5, 0.6) is 0 Å². The standard InChI is InChI=1S/C19H24N2O4/c22-16-11-20(18(24)12-6-2-1-3-7-12)10-15-13-8-4-5-9-14(13)17(23)19(25)21(15)16/h4-5,8-9,12,15,17,19,23,25H,1-3,6-7,10-11H2. The molecule has 0 radical (unpaired) electrons. The molecule has 2 fully saturated rings. The van der Waals surface area contributed by atoms with Crippen molar-refractivity contribution in [1.82, 2.24) is 9.80 Å². The van der Waals surface area contributed by atoms with Crippen molar-refractivity contribution in [3.8, 4) is 0 Å². The monoisotopic (exact) mass is 344 g/mol. The molecular formula is C19H24N2O4. The summed E-state index contributed by atoms with van der Waals surface area (Å²) in [5.41, 5.74) is 1.45. The molecule has 2 aliphatic heterocycles. The molecule has 2 amide bonds. The number of aliphatic hydroxyl groups excluding tert-OH is 2. The number of carbonyl (C=O) groups is 2. The zero-order valence-corrected chi connectivity index (χ0v) is 14.2. The highest BCUT2D eigenvalue weighted by Crippen LogP contribution is 2.40. The van der Waals surface area contributed by atoms with Crippen molar-refractivity contribution in [2.24, 2.45) is 5.92 Å². The van der Waals surface area contributed by atoms with Crippen LogP contribution in [0, 0.1) is 5.92 Å². The molecule has 3 aliphatic rings.